The van der Waals surface area contributed by atoms with E-state index in [0.29, 0.717) is 27.6 Å². The number of nitrogens with zero attached hydrogens (tertiary/aromatic N) is 4. The summed E-state index contributed by atoms with van der Waals surface area (Å²) in [6.45, 7) is 1.76. The molecule has 4 rings (SSSR count). The van der Waals surface area contributed by atoms with Crippen molar-refractivity contribution in [2.45, 2.75) is 13.0 Å². The first-order valence-electron chi connectivity index (χ1n) is 10.1. The molecular formula is C23H20ClN5O4S. The Morgan fingerprint density at radius 2 is 1.97 bits per heavy atom. The Kier molecular flexibility index (Phi) is 7.31. The molecule has 0 spiro atoms. The van der Waals surface area contributed by atoms with Gasteiger partial charge in [-0.15, -0.1) is 5.10 Å². The fourth-order valence-corrected chi connectivity index (χ4v) is 3.84. The van der Waals surface area contributed by atoms with Crippen LogP contribution < -0.4 is 14.8 Å². The second-order valence-electron chi connectivity index (χ2n) is 7.13. The standard InChI is InChI=1S/C23H20ClN5O4S/c1-13-9-16(15-5-3-4-6-20(15)32-2)17(11-25-13)21(31)27-22-28-29-23(34-22)33-12-19(30)18-8-7-14(24)10-26-18/h3-11,19,30H,12H2,1-2H3,(H,27,28,31)/t19-/m0/s1. The molecule has 0 aliphatic rings. The van der Waals surface area contributed by atoms with E-state index >= 15 is 0 Å². The van der Waals surface area contributed by atoms with E-state index in [1.165, 1.54) is 12.4 Å². The number of aliphatic hydroxyl groups excluding tert-OH is 1. The number of rotatable bonds is 8. The highest BCUT2D eigenvalue weighted by Crippen LogP contribution is 2.33. The van der Waals surface area contributed by atoms with Crippen LogP contribution in [0.15, 0.2) is 54.9 Å². The van der Waals surface area contributed by atoms with Crippen LogP contribution in [0.3, 0.4) is 0 Å². The molecule has 1 atom stereocenters. The molecule has 3 aromatic heterocycles. The lowest BCUT2D eigenvalue weighted by atomic mass is 9.99. The van der Waals surface area contributed by atoms with Gasteiger partial charge in [0.25, 0.3) is 11.1 Å². The Balaban J connectivity index is 1.46. The third-order valence-electron chi connectivity index (χ3n) is 4.77. The number of halogens is 1. The van der Waals surface area contributed by atoms with Crippen molar-refractivity contribution in [3.8, 4) is 22.1 Å². The molecule has 3 heterocycles. The van der Waals surface area contributed by atoms with Gasteiger partial charge in [-0.25, -0.2) is 0 Å². The predicted molar refractivity (Wildman–Crippen MR) is 129 cm³/mol. The van der Waals surface area contributed by atoms with E-state index in [0.717, 1.165) is 22.6 Å². The van der Waals surface area contributed by atoms with Crippen LogP contribution in [0.5, 0.6) is 10.9 Å². The van der Waals surface area contributed by atoms with Crippen LogP contribution in [0.1, 0.15) is 27.8 Å². The van der Waals surface area contributed by atoms with Crippen molar-refractivity contribution in [1.82, 2.24) is 20.2 Å². The van der Waals surface area contributed by atoms with Gasteiger partial charge in [-0.05, 0) is 42.5 Å². The Hall–Kier alpha value is -3.60. The van der Waals surface area contributed by atoms with Gasteiger partial charge in [0.15, 0.2) is 0 Å². The molecule has 1 aromatic carbocycles. The number of carbonyl (C=O) groups is 1. The zero-order valence-electron chi connectivity index (χ0n) is 18.2. The van der Waals surface area contributed by atoms with Gasteiger partial charge >= 0.3 is 0 Å². The first kappa shape index (κ1) is 23.6. The van der Waals surface area contributed by atoms with Gasteiger partial charge in [-0.1, -0.05) is 34.9 Å². The lowest BCUT2D eigenvalue weighted by Gasteiger charge is -2.13. The number of aryl methyl sites for hydroxylation is 1. The van der Waals surface area contributed by atoms with Crippen molar-refractivity contribution >= 4 is 34.0 Å². The summed E-state index contributed by atoms with van der Waals surface area (Å²) in [5, 5.41) is 21.7. The molecule has 174 valence electrons. The molecule has 0 aliphatic heterocycles. The number of hydrogen-bond donors (Lipinski definition) is 2. The van der Waals surface area contributed by atoms with E-state index in [9.17, 15) is 9.90 Å². The number of hydrogen-bond acceptors (Lipinski definition) is 9. The minimum atomic E-state index is -0.971. The van der Waals surface area contributed by atoms with Crippen LogP contribution in [-0.4, -0.2) is 44.9 Å². The molecule has 11 heteroatoms. The molecule has 0 radical (unpaired) electrons. The number of aromatic nitrogens is 4. The topological polar surface area (TPSA) is 119 Å². The average Bonchev–Trinajstić information content (AvgIpc) is 3.30. The van der Waals surface area contributed by atoms with Gasteiger partial charge in [0.05, 0.1) is 23.4 Å². The van der Waals surface area contributed by atoms with Crippen LogP contribution in [0.25, 0.3) is 11.1 Å². The first-order chi connectivity index (χ1) is 16.4. The molecule has 0 bridgehead atoms. The zero-order chi connectivity index (χ0) is 24.1. The maximum Gasteiger partial charge on any atom is 0.295 e. The fourth-order valence-electron chi connectivity index (χ4n) is 3.13. The van der Waals surface area contributed by atoms with Crippen molar-refractivity contribution in [2.24, 2.45) is 0 Å². The summed E-state index contributed by atoms with van der Waals surface area (Å²) in [5.74, 6) is 0.240. The maximum absolute atomic E-state index is 13.1. The highest BCUT2D eigenvalue weighted by molar-refractivity contribution is 7.17. The fraction of sp³-hybridized carbons (Fsp3) is 0.174. The zero-order valence-corrected chi connectivity index (χ0v) is 19.8. The normalized spacial score (nSPS) is 11.6. The first-order valence-corrected chi connectivity index (χ1v) is 11.3. The number of nitrogens with one attached hydrogen (secondary N) is 1. The predicted octanol–water partition coefficient (Wildman–Crippen LogP) is 4.33. The number of methoxy groups -OCH3 is 1. The number of amides is 1. The third kappa shape index (κ3) is 5.48. The van der Waals surface area contributed by atoms with Crippen molar-refractivity contribution in [3.63, 3.8) is 0 Å². The molecule has 1 amide bonds. The second kappa shape index (κ2) is 10.6. The number of pyridine rings is 2. The van der Waals surface area contributed by atoms with Crippen LogP contribution >= 0.6 is 22.9 Å². The maximum atomic E-state index is 13.1. The smallest absolute Gasteiger partial charge is 0.295 e. The molecule has 0 aliphatic carbocycles. The monoisotopic (exact) mass is 497 g/mol. The van der Waals surface area contributed by atoms with E-state index in [-0.39, 0.29) is 16.9 Å². The lowest BCUT2D eigenvalue weighted by molar-refractivity contribution is 0.102. The van der Waals surface area contributed by atoms with Gasteiger partial charge in [0, 0.05) is 29.2 Å². The summed E-state index contributed by atoms with van der Waals surface area (Å²) in [5.41, 5.74) is 2.99. The molecular weight excluding hydrogens is 478 g/mol. The van der Waals surface area contributed by atoms with Gasteiger partial charge < -0.3 is 14.6 Å². The Morgan fingerprint density at radius 3 is 2.74 bits per heavy atom. The van der Waals surface area contributed by atoms with Crippen molar-refractivity contribution in [1.29, 1.82) is 0 Å². The van der Waals surface area contributed by atoms with Crippen LogP contribution in [0, 0.1) is 6.92 Å². The number of carbonyl (C=O) groups excluding carboxylic acids is 1. The quantitative estimate of drug-likeness (QED) is 0.369. The average molecular weight is 498 g/mol. The number of aliphatic hydroxyl groups is 1. The van der Waals surface area contributed by atoms with Crippen molar-refractivity contribution in [3.05, 3.63) is 76.8 Å². The number of benzene rings is 1. The minimum absolute atomic E-state index is 0.0863. The summed E-state index contributed by atoms with van der Waals surface area (Å²) >= 11 is 6.84. The number of para-hydroxylation sites is 1. The summed E-state index contributed by atoms with van der Waals surface area (Å²) in [6, 6.07) is 12.5. The van der Waals surface area contributed by atoms with E-state index < -0.39 is 12.0 Å². The molecule has 0 unspecified atom stereocenters. The lowest BCUT2D eigenvalue weighted by Crippen LogP contribution is -2.14. The Morgan fingerprint density at radius 1 is 1.15 bits per heavy atom. The highest BCUT2D eigenvalue weighted by Gasteiger charge is 2.19. The van der Waals surface area contributed by atoms with Gasteiger partial charge in [0.2, 0.25) is 5.13 Å². The summed E-state index contributed by atoms with van der Waals surface area (Å²) in [6.07, 6.45) is 1.99. The van der Waals surface area contributed by atoms with Crippen LogP contribution in [-0.2, 0) is 0 Å². The van der Waals surface area contributed by atoms with E-state index in [4.69, 9.17) is 21.1 Å². The Labute approximate surface area is 204 Å². The summed E-state index contributed by atoms with van der Waals surface area (Å²) in [7, 11) is 1.58. The largest absolute Gasteiger partial charge is 0.496 e. The van der Waals surface area contributed by atoms with E-state index in [1.54, 1.807) is 19.2 Å². The molecule has 2 N–H and O–H groups in total. The molecule has 4 aromatic rings. The third-order valence-corrected chi connectivity index (χ3v) is 5.74. The van der Waals surface area contributed by atoms with Crippen LogP contribution in [0.4, 0.5) is 5.13 Å². The van der Waals surface area contributed by atoms with Crippen LogP contribution in [0.2, 0.25) is 5.02 Å². The molecule has 0 fully saturated rings. The Bertz CT molecular complexity index is 1300. The number of anilines is 1. The highest BCUT2D eigenvalue weighted by atomic mass is 35.5. The summed E-state index contributed by atoms with van der Waals surface area (Å²) < 4.78 is 11.0. The van der Waals surface area contributed by atoms with Gasteiger partial charge in [0.1, 0.15) is 18.5 Å². The van der Waals surface area contributed by atoms with Gasteiger partial charge in [-0.2, -0.15) is 0 Å². The summed E-state index contributed by atoms with van der Waals surface area (Å²) in [4.78, 5) is 21.4. The van der Waals surface area contributed by atoms with E-state index in [2.05, 4.69) is 25.5 Å². The van der Waals surface area contributed by atoms with E-state index in [1.807, 2.05) is 37.3 Å². The molecule has 9 nitrogen and oxygen atoms in total. The van der Waals surface area contributed by atoms with Gasteiger partial charge in [-0.3, -0.25) is 20.1 Å². The molecule has 34 heavy (non-hydrogen) atoms. The SMILES string of the molecule is COc1ccccc1-c1cc(C)ncc1C(=O)Nc1nnc(OC[C@H](O)c2ccc(Cl)cn2)s1. The molecule has 0 saturated heterocycles. The second-order valence-corrected chi connectivity index (χ2v) is 8.50. The van der Waals surface area contributed by atoms with Crippen molar-refractivity contribution < 1.29 is 19.4 Å². The minimum Gasteiger partial charge on any atom is -0.496 e. The molecule has 0 saturated carbocycles. The number of ether oxygens (including phenoxy) is 2. The van der Waals surface area contributed by atoms with Crippen molar-refractivity contribution in [2.75, 3.05) is 19.0 Å².